The summed E-state index contributed by atoms with van der Waals surface area (Å²) in [7, 11) is 0. The highest BCUT2D eigenvalue weighted by Gasteiger charge is 2.39. The third kappa shape index (κ3) is 4.59. The summed E-state index contributed by atoms with van der Waals surface area (Å²) in [6.45, 7) is 3.15. The van der Waals surface area contributed by atoms with Crippen LogP contribution in [0.15, 0.2) is 78.9 Å². The topological polar surface area (TPSA) is 92.8 Å². The van der Waals surface area contributed by atoms with Crippen molar-refractivity contribution in [2.24, 2.45) is 0 Å². The van der Waals surface area contributed by atoms with Crippen molar-refractivity contribution in [2.75, 3.05) is 6.61 Å². The van der Waals surface area contributed by atoms with Gasteiger partial charge in [0.05, 0.1) is 28.8 Å². The number of rotatable bonds is 7. The van der Waals surface area contributed by atoms with Crippen LogP contribution in [0.5, 0.6) is 0 Å². The molecule has 0 saturated carbocycles. The minimum absolute atomic E-state index is 0.0954. The smallest absolute Gasteiger partial charge is 0.338 e. The number of benzene rings is 3. The second kappa shape index (κ2) is 9.70. The Hall–Kier alpha value is -4.26. The molecule has 0 fully saturated rings. The SMILES string of the molecule is C[C@@H](NC(=O)COC(=O)c1ccc2c(c1)C(=O)N([C@@H](C)c1ccccc1)C2=O)c1ccccc1. The van der Waals surface area contributed by atoms with Crippen LogP contribution in [-0.2, 0) is 9.53 Å². The molecule has 0 radical (unpaired) electrons. The van der Waals surface area contributed by atoms with Crippen molar-refractivity contribution in [2.45, 2.75) is 25.9 Å². The molecule has 3 aromatic rings. The third-order valence-electron chi connectivity index (χ3n) is 5.83. The molecule has 34 heavy (non-hydrogen) atoms. The molecule has 3 aromatic carbocycles. The van der Waals surface area contributed by atoms with Crippen molar-refractivity contribution in [1.82, 2.24) is 10.2 Å². The Kier molecular flexibility index (Phi) is 6.54. The highest BCUT2D eigenvalue weighted by Crippen LogP contribution is 2.31. The largest absolute Gasteiger partial charge is 0.452 e. The summed E-state index contributed by atoms with van der Waals surface area (Å²) in [5, 5.41) is 2.77. The molecule has 1 N–H and O–H groups in total. The van der Waals surface area contributed by atoms with Crippen LogP contribution in [0.2, 0.25) is 0 Å². The average molecular weight is 456 g/mol. The van der Waals surface area contributed by atoms with Gasteiger partial charge >= 0.3 is 5.97 Å². The van der Waals surface area contributed by atoms with Gasteiger partial charge in [-0.25, -0.2) is 4.79 Å². The van der Waals surface area contributed by atoms with Crippen LogP contribution in [0, 0.1) is 0 Å². The van der Waals surface area contributed by atoms with E-state index in [9.17, 15) is 19.2 Å². The summed E-state index contributed by atoms with van der Waals surface area (Å²) in [5.41, 5.74) is 2.23. The molecule has 0 saturated heterocycles. The molecule has 0 bridgehead atoms. The predicted octanol–water partition coefficient (Wildman–Crippen LogP) is 4.08. The molecule has 4 rings (SSSR count). The predicted molar refractivity (Wildman–Crippen MR) is 125 cm³/mol. The molecule has 1 heterocycles. The molecule has 0 unspecified atom stereocenters. The van der Waals surface area contributed by atoms with E-state index in [1.807, 2.05) is 67.6 Å². The number of ether oxygens (including phenoxy) is 1. The van der Waals surface area contributed by atoms with Crippen LogP contribution in [-0.4, -0.2) is 35.2 Å². The fourth-order valence-corrected chi connectivity index (χ4v) is 3.94. The Morgan fingerprint density at radius 1 is 0.824 bits per heavy atom. The molecule has 7 heteroatoms. The molecule has 7 nitrogen and oxygen atoms in total. The lowest BCUT2D eigenvalue weighted by molar-refractivity contribution is -0.124. The van der Waals surface area contributed by atoms with Crippen molar-refractivity contribution >= 4 is 23.7 Å². The number of nitrogens with one attached hydrogen (secondary N) is 1. The van der Waals surface area contributed by atoms with Gasteiger partial charge in [-0.1, -0.05) is 60.7 Å². The zero-order chi connectivity index (χ0) is 24.2. The maximum Gasteiger partial charge on any atom is 0.338 e. The summed E-state index contributed by atoms with van der Waals surface area (Å²) in [6.07, 6.45) is 0. The van der Waals surface area contributed by atoms with Gasteiger partial charge in [-0.2, -0.15) is 0 Å². The van der Waals surface area contributed by atoms with Crippen molar-refractivity contribution in [3.63, 3.8) is 0 Å². The fourth-order valence-electron chi connectivity index (χ4n) is 3.94. The van der Waals surface area contributed by atoms with Crippen molar-refractivity contribution in [3.05, 3.63) is 107 Å². The highest BCUT2D eigenvalue weighted by molar-refractivity contribution is 6.22. The Morgan fingerprint density at radius 2 is 1.41 bits per heavy atom. The molecule has 0 aliphatic carbocycles. The zero-order valence-electron chi connectivity index (χ0n) is 18.9. The molecule has 172 valence electrons. The Balaban J connectivity index is 1.41. The van der Waals surface area contributed by atoms with Crippen molar-refractivity contribution in [1.29, 1.82) is 0 Å². The van der Waals surface area contributed by atoms with Gasteiger partial charge in [-0.3, -0.25) is 19.3 Å². The van der Waals surface area contributed by atoms with Gasteiger partial charge in [0, 0.05) is 0 Å². The highest BCUT2D eigenvalue weighted by atomic mass is 16.5. The number of hydrogen-bond acceptors (Lipinski definition) is 5. The van der Waals surface area contributed by atoms with Gasteiger partial charge in [0.25, 0.3) is 17.7 Å². The van der Waals surface area contributed by atoms with E-state index in [0.29, 0.717) is 0 Å². The van der Waals surface area contributed by atoms with Crippen LogP contribution in [0.1, 0.15) is 68.1 Å². The van der Waals surface area contributed by atoms with E-state index < -0.39 is 36.3 Å². The van der Waals surface area contributed by atoms with Gasteiger partial charge < -0.3 is 10.1 Å². The molecule has 0 aromatic heterocycles. The third-order valence-corrected chi connectivity index (χ3v) is 5.83. The summed E-state index contributed by atoms with van der Waals surface area (Å²) in [6, 6.07) is 22.2. The first kappa shape index (κ1) is 22.9. The Labute approximate surface area is 197 Å². The first-order valence-electron chi connectivity index (χ1n) is 10.9. The number of fused-ring (bicyclic) bond motifs is 1. The van der Waals surface area contributed by atoms with E-state index >= 15 is 0 Å². The molecule has 3 amide bonds. The van der Waals surface area contributed by atoms with Crippen LogP contribution >= 0.6 is 0 Å². The Bertz CT molecular complexity index is 1240. The number of carbonyl (C=O) groups excluding carboxylic acids is 4. The Morgan fingerprint density at radius 3 is 2.06 bits per heavy atom. The number of esters is 1. The van der Waals surface area contributed by atoms with Crippen LogP contribution in [0.4, 0.5) is 0 Å². The standard InChI is InChI=1S/C27H24N2O5/c1-17(19-9-5-3-6-10-19)28-24(30)16-34-27(33)21-13-14-22-23(15-21)26(32)29(25(22)31)18(2)20-11-7-4-8-12-20/h3-15,17-18H,16H2,1-2H3,(H,28,30)/t17-,18+/m1/s1. The minimum atomic E-state index is -0.750. The minimum Gasteiger partial charge on any atom is -0.452 e. The molecular formula is C27H24N2O5. The summed E-state index contributed by atoms with van der Waals surface area (Å²) < 4.78 is 5.13. The lowest BCUT2D eigenvalue weighted by Gasteiger charge is -2.22. The van der Waals surface area contributed by atoms with Gasteiger partial charge in [0.2, 0.25) is 0 Å². The first-order valence-corrected chi connectivity index (χ1v) is 10.9. The van der Waals surface area contributed by atoms with E-state index in [4.69, 9.17) is 4.74 Å². The van der Waals surface area contributed by atoms with E-state index in [0.717, 1.165) is 11.1 Å². The van der Waals surface area contributed by atoms with Gasteiger partial charge in [0.1, 0.15) is 0 Å². The van der Waals surface area contributed by atoms with E-state index in [1.54, 1.807) is 6.92 Å². The number of carbonyl (C=O) groups is 4. The normalized spacial score (nSPS) is 14.4. The van der Waals surface area contributed by atoms with Crippen LogP contribution < -0.4 is 5.32 Å². The van der Waals surface area contributed by atoms with E-state index in [2.05, 4.69) is 5.32 Å². The van der Waals surface area contributed by atoms with Gasteiger partial charge in [-0.15, -0.1) is 0 Å². The van der Waals surface area contributed by atoms with Gasteiger partial charge in [0.15, 0.2) is 6.61 Å². The second-order valence-electron chi connectivity index (χ2n) is 8.10. The van der Waals surface area contributed by atoms with Gasteiger partial charge in [-0.05, 0) is 43.2 Å². The molecule has 2 atom stereocenters. The number of hydrogen-bond donors (Lipinski definition) is 1. The van der Waals surface area contributed by atoms with Crippen molar-refractivity contribution < 1.29 is 23.9 Å². The summed E-state index contributed by atoms with van der Waals surface area (Å²) >= 11 is 0. The first-order chi connectivity index (χ1) is 16.4. The summed E-state index contributed by atoms with van der Waals surface area (Å²) in [5.74, 6) is -2.08. The lowest BCUT2D eigenvalue weighted by Crippen LogP contribution is -2.32. The number of nitrogens with zero attached hydrogens (tertiary/aromatic N) is 1. The molecule has 1 aliphatic heterocycles. The van der Waals surface area contributed by atoms with E-state index in [1.165, 1.54) is 23.1 Å². The monoisotopic (exact) mass is 456 g/mol. The maximum absolute atomic E-state index is 13.0. The average Bonchev–Trinajstić information content (AvgIpc) is 3.12. The number of imide groups is 1. The number of amides is 3. The quantitative estimate of drug-likeness (QED) is 0.427. The van der Waals surface area contributed by atoms with E-state index in [-0.39, 0.29) is 22.7 Å². The summed E-state index contributed by atoms with van der Waals surface area (Å²) in [4.78, 5) is 51.8. The fraction of sp³-hybridized carbons (Fsp3) is 0.185. The zero-order valence-corrected chi connectivity index (χ0v) is 18.9. The van der Waals surface area contributed by atoms with Crippen LogP contribution in [0.3, 0.4) is 0 Å². The van der Waals surface area contributed by atoms with Crippen molar-refractivity contribution in [3.8, 4) is 0 Å². The van der Waals surface area contributed by atoms with Crippen LogP contribution in [0.25, 0.3) is 0 Å². The molecule has 0 spiro atoms. The second-order valence-corrected chi connectivity index (χ2v) is 8.10. The lowest BCUT2D eigenvalue weighted by atomic mass is 10.1. The molecule has 1 aliphatic rings. The molecular weight excluding hydrogens is 432 g/mol. The maximum atomic E-state index is 13.0.